The zero-order valence-corrected chi connectivity index (χ0v) is 16.5. The first kappa shape index (κ1) is 19.0. The second-order valence-corrected chi connectivity index (χ2v) is 7.51. The van der Waals surface area contributed by atoms with Crippen LogP contribution in [0.1, 0.15) is 18.5 Å². The summed E-state index contributed by atoms with van der Waals surface area (Å²) in [5, 5.41) is 0. The van der Waals surface area contributed by atoms with Crippen LogP contribution < -0.4 is 4.74 Å². The third kappa shape index (κ3) is 4.54. The highest BCUT2D eigenvalue weighted by molar-refractivity contribution is 5.78. The Labute approximate surface area is 165 Å². The zero-order chi connectivity index (χ0) is 19.3. The number of likely N-dealkylation sites (tertiary alicyclic amines) is 1. The van der Waals surface area contributed by atoms with Crippen molar-refractivity contribution < 1.29 is 13.9 Å². The van der Waals surface area contributed by atoms with Gasteiger partial charge in [0, 0.05) is 51.4 Å². The summed E-state index contributed by atoms with van der Waals surface area (Å²) in [6.45, 7) is 6.91. The van der Waals surface area contributed by atoms with Crippen molar-refractivity contribution in [3.8, 4) is 17.2 Å². The number of hydrogen-bond donors (Lipinski definition) is 0. The van der Waals surface area contributed by atoms with Gasteiger partial charge in [-0.1, -0.05) is 0 Å². The number of rotatable bonds is 6. The molecule has 0 bridgehead atoms. The Morgan fingerprint density at radius 1 is 1.04 bits per heavy atom. The fraction of sp³-hybridized carbons (Fsp3) is 0.524. The highest BCUT2D eigenvalue weighted by Crippen LogP contribution is 2.22. The van der Waals surface area contributed by atoms with Gasteiger partial charge in [-0.15, -0.1) is 0 Å². The Morgan fingerprint density at radius 3 is 2.39 bits per heavy atom. The molecule has 3 heterocycles. The Hall–Kier alpha value is -2.38. The molecule has 0 aliphatic carbocycles. The van der Waals surface area contributed by atoms with Gasteiger partial charge in [-0.25, -0.2) is 4.98 Å². The molecule has 4 rings (SSSR count). The Balaban J connectivity index is 1.25. The van der Waals surface area contributed by atoms with Gasteiger partial charge in [0.25, 0.3) is 0 Å². The van der Waals surface area contributed by atoms with E-state index in [2.05, 4.69) is 14.8 Å². The van der Waals surface area contributed by atoms with Crippen molar-refractivity contribution in [1.29, 1.82) is 0 Å². The van der Waals surface area contributed by atoms with Crippen LogP contribution in [0.3, 0.4) is 0 Å². The second kappa shape index (κ2) is 8.75. The number of methoxy groups -OCH3 is 1. The highest BCUT2D eigenvalue weighted by atomic mass is 16.5. The molecule has 7 nitrogen and oxygen atoms in total. The minimum atomic E-state index is 0.284. The summed E-state index contributed by atoms with van der Waals surface area (Å²) < 4.78 is 10.8. The van der Waals surface area contributed by atoms with Crippen molar-refractivity contribution >= 4 is 5.91 Å². The van der Waals surface area contributed by atoms with E-state index in [4.69, 9.17) is 9.15 Å². The van der Waals surface area contributed by atoms with Crippen molar-refractivity contribution in [1.82, 2.24) is 19.7 Å². The van der Waals surface area contributed by atoms with E-state index < -0.39 is 0 Å². The molecule has 0 spiro atoms. The first-order chi connectivity index (χ1) is 13.7. The zero-order valence-electron chi connectivity index (χ0n) is 16.5. The maximum absolute atomic E-state index is 12.3. The van der Waals surface area contributed by atoms with Crippen LogP contribution in [0.15, 0.2) is 34.9 Å². The lowest BCUT2D eigenvalue weighted by atomic mass is 10.2. The number of carbonyl (C=O) groups excluding carboxylic acids is 1. The van der Waals surface area contributed by atoms with Crippen molar-refractivity contribution in [2.24, 2.45) is 0 Å². The number of oxazole rings is 1. The predicted molar refractivity (Wildman–Crippen MR) is 106 cm³/mol. The molecule has 0 N–H and O–H groups in total. The molecule has 7 heteroatoms. The van der Waals surface area contributed by atoms with E-state index in [1.165, 1.54) is 0 Å². The summed E-state index contributed by atoms with van der Waals surface area (Å²) in [6.07, 6.45) is 4.04. The fourth-order valence-corrected chi connectivity index (χ4v) is 3.84. The Kier molecular flexibility index (Phi) is 5.92. The number of hydrogen-bond acceptors (Lipinski definition) is 6. The number of ether oxygens (including phenoxy) is 1. The quantitative estimate of drug-likeness (QED) is 0.760. The lowest BCUT2D eigenvalue weighted by Crippen LogP contribution is -2.49. The van der Waals surface area contributed by atoms with Gasteiger partial charge in [-0.2, -0.15) is 0 Å². The Morgan fingerprint density at radius 2 is 1.71 bits per heavy atom. The molecule has 1 amide bonds. The SMILES string of the molecule is COc1ccc(-c2nc(CN3CCN(CC(=O)N4CCCC4)CC3)co2)cc1. The largest absolute Gasteiger partial charge is 0.497 e. The number of piperazine rings is 1. The van der Waals surface area contributed by atoms with E-state index in [0.717, 1.165) is 75.7 Å². The van der Waals surface area contributed by atoms with E-state index in [1.807, 2.05) is 29.2 Å². The molecule has 2 aliphatic rings. The van der Waals surface area contributed by atoms with Crippen LogP contribution in [-0.2, 0) is 11.3 Å². The Bertz CT molecular complexity index is 775. The van der Waals surface area contributed by atoms with E-state index in [-0.39, 0.29) is 5.91 Å². The number of aromatic nitrogens is 1. The molecule has 28 heavy (non-hydrogen) atoms. The third-order valence-corrected chi connectivity index (χ3v) is 5.56. The molecular weight excluding hydrogens is 356 g/mol. The van der Waals surface area contributed by atoms with Crippen molar-refractivity contribution in [3.05, 3.63) is 36.2 Å². The van der Waals surface area contributed by atoms with Crippen molar-refractivity contribution in [3.63, 3.8) is 0 Å². The molecule has 150 valence electrons. The second-order valence-electron chi connectivity index (χ2n) is 7.51. The maximum Gasteiger partial charge on any atom is 0.236 e. The van der Waals surface area contributed by atoms with E-state index in [1.54, 1.807) is 13.4 Å². The molecule has 2 aromatic rings. The topological polar surface area (TPSA) is 62.1 Å². The number of benzene rings is 1. The van der Waals surface area contributed by atoms with Crippen LogP contribution in [0.4, 0.5) is 0 Å². The molecule has 1 aromatic carbocycles. The molecule has 0 atom stereocenters. The number of amides is 1. The molecule has 0 unspecified atom stereocenters. The minimum absolute atomic E-state index is 0.284. The van der Waals surface area contributed by atoms with Crippen LogP contribution in [0.5, 0.6) is 5.75 Å². The monoisotopic (exact) mass is 384 g/mol. The van der Waals surface area contributed by atoms with Gasteiger partial charge >= 0.3 is 0 Å². The van der Waals surface area contributed by atoms with Crippen LogP contribution >= 0.6 is 0 Å². The first-order valence-corrected chi connectivity index (χ1v) is 10.0. The minimum Gasteiger partial charge on any atom is -0.497 e. The van der Waals surface area contributed by atoms with Crippen LogP contribution in [0, 0.1) is 0 Å². The van der Waals surface area contributed by atoms with E-state index in [9.17, 15) is 4.79 Å². The number of nitrogens with zero attached hydrogens (tertiary/aromatic N) is 4. The molecule has 0 radical (unpaired) electrons. The molecule has 0 saturated carbocycles. The molecule has 2 aliphatic heterocycles. The van der Waals surface area contributed by atoms with Gasteiger partial charge in [0.15, 0.2) is 0 Å². The van der Waals surface area contributed by atoms with Gasteiger partial charge in [-0.3, -0.25) is 14.6 Å². The van der Waals surface area contributed by atoms with Crippen LogP contribution in [-0.4, -0.2) is 78.5 Å². The van der Waals surface area contributed by atoms with Crippen molar-refractivity contribution in [2.45, 2.75) is 19.4 Å². The lowest BCUT2D eigenvalue weighted by Gasteiger charge is -2.34. The summed E-state index contributed by atoms with van der Waals surface area (Å²) in [6, 6.07) is 7.71. The molecule has 2 saturated heterocycles. The van der Waals surface area contributed by atoms with Crippen molar-refractivity contribution in [2.75, 3.05) is 52.9 Å². The number of carbonyl (C=O) groups is 1. The summed E-state index contributed by atoms with van der Waals surface area (Å²) in [7, 11) is 1.65. The standard InChI is InChI=1S/C21H28N4O3/c1-27-19-6-4-17(5-7-19)21-22-18(16-28-21)14-23-10-12-24(13-11-23)15-20(26)25-8-2-3-9-25/h4-7,16H,2-3,8-15H2,1H3. The fourth-order valence-electron chi connectivity index (χ4n) is 3.84. The molecule has 1 aromatic heterocycles. The maximum atomic E-state index is 12.3. The van der Waals surface area contributed by atoms with Gasteiger partial charge in [0.1, 0.15) is 12.0 Å². The average molecular weight is 384 g/mol. The summed E-state index contributed by atoms with van der Waals surface area (Å²) in [5.41, 5.74) is 1.88. The molecule has 2 fully saturated rings. The average Bonchev–Trinajstić information content (AvgIpc) is 3.42. The summed E-state index contributed by atoms with van der Waals surface area (Å²) in [4.78, 5) is 23.6. The summed E-state index contributed by atoms with van der Waals surface area (Å²) in [5.74, 6) is 1.73. The lowest BCUT2D eigenvalue weighted by molar-refractivity contribution is -0.131. The predicted octanol–water partition coefficient (Wildman–Crippen LogP) is 2.09. The first-order valence-electron chi connectivity index (χ1n) is 10.0. The highest BCUT2D eigenvalue weighted by Gasteiger charge is 2.23. The normalized spacial score (nSPS) is 18.5. The third-order valence-electron chi connectivity index (χ3n) is 5.56. The van der Waals surface area contributed by atoms with Crippen LogP contribution in [0.2, 0.25) is 0 Å². The van der Waals surface area contributed by atoms with Gasteiger partial charge in [0.2, 0.25) is 11.8 Å². The smallest absolute Gasteiger partial charge is 0.236 e. The van der Waals surface area contributed by atoms with Gasteiger partial charge < -0.3 is 14.1 Å². The van der Waals surface area contributed by atoms with Gasteiger partial charge in [-0.05, 0) is 37.1 Å². The van der Waals surface area contributed by atoms with Crippen LogP contribution in [0.25, 0.3) is 11.5 Å². The molecular formula is C21H28N4O3. The van der Waals surface area contributed by atoms with E-state index >= 15 is 0 Å². The van der Waals surface area contributed by atoms with E-state index in [0.29, 0.717) is 12.4 Å². The summed E-state index contributed by atoms with van der Waals surface area (Å²) >= 11 is 0. The van der Waals surface area contributed by atoms with Gasteiger partial charge in [0.05, 0.1) is 19.3 Å².